The minimum Gasteiger partial charge on any atom is -0.354 e. The average Bonchev–Trinajstić information content (AvgIpc) is 2.54. The van der Waals surface area contributed by atoms with Crippen molar-refractivity contribution in [2.45, 2.75) is 58.4 Å². The molecule has 3 nitrogen and oxygen atoms in total. The summed E-state index contributed by atoms with van der Waals surface area (Å²) in [6.07, 6.45) is 6.98. The zero-order valence-electron chi connectivity index (χ0n) is 10.8. The Kier molecular flexibility index (Phi) is 6.46. The van der Waals surface area contributed by atoms with Crippen LogP contribution in [0.2, 0.25) is 0 Å². The Balaban J connectivity index is 2.14. The van der Waals surface area contributed by atoms with Crippen LogP contribution < -0.4 is 5.32 Å². The summed E-state index contributed by atoms with van der Waals surface area (Å²) >= 11 is 0. The van der Waals surface area contributed by atoms with Crippen LogP contribution in [0.5, 0.6) is 0 Å². The number of carbonyl (C=O) groups is 1. The van der Waals surface area contributed by atoms with Crippen molar-refractivity contribution in [1.82, 2.24) is 10.2 Å². The average molecular weight is 226 g/mol. The Bertz CT molecular complexity index is 198. The van der Waals surface area contributed by atoms with Gasteiger partial charge in [-0.25, -0.2) is 0 Å². The largest absolute Gasteiger partial charge is 0.354 e. The highest BCUT2D eigenvalue weighted by atomic mass is 16.1. The van der Waals surface area contributed by atoms with E-state index in [2.05, 4.69) is 24.1 Å². The molecule has 1 unspecified atom stereocenters. The molecule has 1 saturated heterocycles. The lowest BCUT2D eigenvalue weighted by molar-refractivity contribution is -0.122. The maximum Gasteiger partial charge on any atom is 0.221 e. The van der Waals surface area contributed by atoms with Gasteiger partial charge in [-0.1, -0.05) is 19.8 Å². The smallest absolute Gasteiger partial charge is 0.221 e. The van der Waals surface area contributed by atoms with Crippen LogP contribution in [0.3, 0.4) is 0 Å². The Morgan fingerprint density at radius 3 is 2.44 bits per heavy atom. The molecule has 3 heteroatoms. The molecule has 1 atom stereocenters. The molecule has 0 aliphatic carbocycles. The van der Waals surface area contributed by atoms with Crippen molar-refractivity contribution in [2.24, 2.45) is 0 Å². The molecule has 0 radical (unpaired) electrons. The molecule has 0 aromatic carbocycles. The summed E-state index contributed by atoms with van der Waals surface area (Å²) in [4.78, 5) is 14.0. The first kappa shape index (κ1) is 13.5. The quantitative estimate of drug-likeness (QED) is 0.779. The number of nitrogens with zero attached hydrogens (tertiary/aromatic N) is 1. The number of carbonyl (C=O) groups excluding carboxylic acids is 1. The molecule has 0 aromatic heterocycles. The lowest BCUT2D eigenvalue weighted by Gasteiger charge is -2.20. The number of hydrogen-bond donors (Lipinski definition) is 1. The van der Waals surface area contributed by atoms with Gasteiger partial charge in [0.1, 0.15) is 0 Å². The van der Waals surface area contributed by atoms with Gasteiger partial charge < -0.3 is 10.2 Å². The van der Waals surface area contributed by atoms with Crippen LogP contribution in [0.15, 0.2) is 0 Å². The number of rotatable bonds is 5. The summed E-state index contributed by atoms with van der Waals surface area (Å²) in [6, 6.07) is 0.316. The molecule has 0 aromatic rings. The van der Waals surface area contributed by atoms with Gasteiger partial charge >= 0.3 is 0 Å². The number of likely N-dealkylation sites (tertiary alicyclic amines) is 1. The third-order valence-electron chi connectivity index (χ3n) is 3.37. The highest BCUT2D eigenvalue weighted by Gasteiger charge is 2.11. The summed E-state index contributed by atoms with van der Waals surface area (Å²) in [7, 11) is 0. The van der Waals surface area contributed by atoms with E-state index in [-0.39, 0.29) is 5.91 Å². The standard InChI is InChI=1S/C13H26N2O/c1-3-12(2)14-13(16)8-11-15-9-6-4-5-7-10-15/h12H,3-11H2,1-2H3,(H,14,16). The molecule has 1 rings (SSSR count). The van der Waals surface area contributed by atoms with Crippen LogP contribution in [0.4, 0.5) is 0 Å². The van der Waals surface area contributed by atoms with Gasteiger partial charge in [0.15, 0.2) is 0 Å². The minimum absolute atomic E-state index is 0.207. The second kappa shape index (κ2) is 7.66. The third-order valence-corrected chi connectivity index (χ3v) is 3.37. The molecule has 0 saturated carbocycles. The summed E-state index contributed by atoms with van der Waals surface area (Å²) in [5.74, 6) is 0.207. The SMILES string of the molecule is CCC(C)NC(=O)CCN1CCCCCC1. The van der Waals surface area contributed by atoms with Crippen LogP contribution in [0.25, 0.3) is 0 Å². The minimum atomic E-state index is 0.207. The maximum absolute atomic E-state index is 11.6. The zero-order valence-corrected chi connectivity index (χ0v) is 10.8. The van der Waals surface area contributed by atoms with Crippen LogP contribution in [0.1, 0.15) is 52.4 Å². The predicted molar refractivity (Wildman–Crippen MR) is 67.4 cm³/mol. The van der Waals surface area contributed by atoms with Gasteiger partial charge in [-0.15, -0.1) is 0 Å². The van der Waals surface area contributed by atoms with Crippen molar-refractivity contribution in [1.29, 1.82) is 0 Å². The second-order valence-electron chi connectivity index (χ2n) is 4.88. The van der Waals surface area contributed by atoms with E-state index in [9.17, 15) is 4.79 Å². The van der Waals surface area contributed by atoms with Crippen LogP contribution in [-0.2, 0) is 4.79 Å². The van der Waals surface area contributed by atoms with Gasteiger partial charge in [0.25, 0.3) is 0 Å². The number of hydrogen-bond acceptors (Lipinski definition) is 2. The Morgan fingerprint density at radius 2 is 1.88 bits per heavy atom. The van der Waals surface area contributed by atoms with Crippen LogP contribution in [0, 0.1) is 0 Å². The fourth-order valence-corrected chi connectivity index (χ4v) is 2.07. The summed E-state index contributed by atoms with van der Waals surface area (Å²) in [6.45, 7) is 7.44. The van der Waals surface area contributed by atoms with E-state index in [1.807, 2.05) is 0 Å². The van der Waals surface area contributed by atoms with E-state index in [1.165, 1.54) is 38.8 Å². The monoisotopic (exact) mass is 226 g/mol. The van der Waals surface area contributed by atoms with E-state index in [1.54, 1.807) is 0 Å². The van der Waals surface area contributed by atoms with Crippen molar-refractivity contribution in [3.63, 3.8) is 0 Å². The summed E-state index contributed by atoms with van der Waals surface area (Å²) < 4.78 is 0. The van der Waals surface area contributed by atoms with Crippen LogP contribution in [-0.4, -0.2) is 36.5 Å². The first-order chi connectivity index (χ1) is 7.72. The van der Waals surface area contributed by atoms with E-state index in [0.29, 0.717) is 12.5 Å². The molecule has 1 fully saturated rings. The maximum atomic E-state index is 11.6. The highest BCUT2D eigenvalue weighted by molar-refractivity contribution is 5.76. The van der Waals surface area contributed by atoms with Crippen molar-refractivity contribution in [2.75, 3.05) is 19.6 Å². The lowest BCUT2D eigenvalue weighted by Crippen LogP contribution is -2.35. The van der Waals surface area contributed by atoms with E-state index in [4.69, 9.17) is 0 Å². The Morgan fingerprint density at radius 1 is 1.25 bits per heavy atom. The van der Waals surface area contributed by atoms with Crippen molar-refractivity contribution < 1.29 is 4.79 Å². The topological polar surface area (TPSA) is 32.3 Å². The number of nitrogens with one attached hydrogen (secondary N) is 1. The van der Waals surface area contributed by atoms with Crippen molar-refractivity contribution >= 4 is 5.91 Å². The fourth-order valence-electron chi connectivity index (χ4n) is 2.07. The zero-order chi connectivity index (χ0) is 11.8. The first-order valence-electron chi connectivity index (χ1n) is 6.74. The molecular formula is C13H26N2O. The van der Waals surface area contributed by atoms with Crippen LogP contribution >= 0.6 is 0 Å². The van der Waals surface area contributed by atoms with E-state index in [0.717, 1.165) is 13.0 Å². The molecule has 1 N–H and O–H groups in total. The molecule has 94 valence electrons. The number of amides is 1. The van der Waals surface area contributed by atoms with Gasteiger partial charge in [-0.3, -0.25) is 4.79 Å². The van der Waals surface area contributed by atoms with Gasteiger partial charge in [-0.05, 0) is 39.3 Å². The summed E-state index contributed by atoms with van der Waals surface area (Å²) in [5.41, 5.74) is 0. The second-order valence-corrected chi connectivity index (χ2v) is 4.88. The third kappa shape index (κ3) is 5.50. The van der Waals surface area contributed by atoms with E-state index >= 15 is 0 Å². The normalized spacial score (nSPS) is 20.1. The fraction of sp³-hybridized carbons (Fsp3) is 0.923. The van der Waals surface area contributed by atoms with E-state index < -0.39 is 0 Å². The molecule has 1 aliphatic heterocycles. The lowest BCUT2D eigenvalue weighted by atomic mass is 10.2. The van der Waals surface area contributed by atoms with Gasteiger partial charge in [0, 0.05) is 19.0 Å². The molecule has 1 amide bonds. The van der Waals surface area contributed by atoms with Gasteiger partial charge in [-0.2, -0.15) is 0 Å². The molecule has 16 heavy (non-hydrogen) atoms. The highest BCUT2D eigenvalue weighted by Crippen LogP contribution is 2.09. The van der Waals surface area contributed by atoms with Gasteiger partial charge in [0.2, 0.25) is 5.91 Å². The van der Waals surface area contributed by atoms with Gasteiger partial charge in [0.05, 0.1) is 0 Å². The molecule has 0 spiro atoms. The Labute approximate surface area is 99.6 Å². The molecule has 0 bridgehead atoms. The molecule has 1 aliphatic rings. The molecular weight excluding hydrogens is 200 g/mol. The Hall–Kier alpha value is -0.570. The predicted octanol–water partition coefficient (Wildman–Crippen LogP) is 2.17. The van der Waals surface area contributed by atoms with Crippen molar-refractivity contribution in [3.05, 3.63) is 0 Å². The molecule has 1 heterocycles. The van der Waals surface area contributed by atoms with Crippen molar-refractivity contribution in [3.8, 4) is 0 Å². The summed E-state index contributed by atoms with van der Waals surface area (Å²) in [5, 5.41) is 3.02. The first-order valence-corrected chi connectivity index (χ1v) is 6.74.